The summed E-state index contributed by atoms with van der Waals surface area (Å²) in [5, 5.41) is 15.5. The van der Waals surface area contributed by atoms with Gasteiger partial charge in [0, 0.05) is 6.42 Å². The van der Waals surface area contributed by atoms with Gasteiger partial charge in [0.15, 0.2) is 5.54 Å². The summed E-state index contributed by atoms with van der Waals surface area (Å²) in [4.78, 5) is 0. The van der Waals surface area contributed by atoms with Gasteiger partial charge < -0.3 is 0 Å². The van der Waals surface area contributed by atoms with E-state index in [1.165, 1.54) is 0 Å². The number of halogens is 1. The third-order valence-electron chi connectivity index (χ3n) is 1.23. The number of rotatable bonds is 4. The van der Waals surface area contributed by atoms with E-state index in [9.17, 15) is 4.39 Å². The molecule has 3 nitrogen and oxygen atoms in total. The molecule has 0 aliphatic carbocycles. The van der Waals surface area contributed by atoms with E-state index >= 15 is 0 Å². The predicted octanol–water partition coefficient (Wildman–Crippen LogP) is 2.84. The fourth-order valence-corrected chi connectivity index (χ4v) is 0.525. The molecule has 0 radical (unpaired) electrons. The Morgan fingerprint density at radius 3 is 2.58 bits per heavy atom. The van der Waals surface area contributed by atoms with Crippen LogP contribution in [0.1, 0.15) is 33.6 Å². The summed E-state index contributed by atoms with van der Waals surface area (Å²) < 4.78 is 12.7. The Hall–Kier alpha value is -0.980. The maximum atomic E-state index is 12.7. The van der Waals surface area contributed by atoms with Gasteiger partial charge in [-0.15, -0.1) is 0 Å². The maximum absolute atomic E-state index is 12.7. The highest BCUT2D eigenvalue weighted by Gasteiger charge is 2.15. The van der Waals surface area contributed by atoms with E-state index < -0.39 is 11.8 Å². The van der Waals surface area contributed by atoms with E-state index in [1.807, 2.05) is 13.0 Å². The number of hydrogen-bond acceptors (Lipinski definition) is 3. The Labute approximate surface area is 72.3 Å². The summed E-state index contributed by atoms with van der Waals surface area (Å²) in [5.74, 6) is 0. The molecule has 0 heterocycles. The fourth-order valence-electron chi connectivity index (χ4n) is 0.525. The van der Waals surface area contributed by atoms with Crippen LogP contribution in [0.15, 0.2) is 10.2 Å². The molecule has 1 atom stereocenters. The van der Waals surface area contributed by atoms with Crippen molar-refractivity contribution in [3.63, 3.8) is 0 Å². The topological polar surface area (TPSA) is 48.5 Å². The summed E-state index contributed by atoms with van der Waals surface area (Å²) >= 11 is 0. The maximum Gasteiger partial charge on any atom is 0.209 e. The summed E-state index contributed by atoms with van der Waals surface area (Å²) in [6.07, 6.45) is -0.166. The molecule has 12 heavy (non-hydrogen) atoms. The van der Waals surface area contributed by atoms with Gasteiger partial charge in [-0.2, -0.15) is 15.5 Å². The zero-order valence-corrected chi connectivity index (χ0v) is 7.71. The van der Waals surface area contributed by atoms with Crippen molar-refractivity contribution in [3.05, 3.63) is 0 Å². The Kier molecular flexibility index (Phi) is 4.42. The SMILES string of the molecule is CCCC(F)N=NC(C)(C)C#N. The number of hydrogen-bond donors (Lipinski definition) is 0. The average molecular weight is 171 g/mol. The van der Waals surface area contributed by atoms with Gasteiger partial charge in [0.05, 0.1) is 6.07 Å². The largest absolute Gasteiger partial charge is 0.220 e. The highest BCUT2D eigenvalue weighted by atomic mass is 19.1. The van der Waals surface area contributed by atoms with Gasteiger partial charge in [0.1, 0.15) is 0 Å². The van der Waals surface area contributed by atoms with Crippen molar-refractivity contribution in [1.29, 1.82) is 5.26 Å². The van der Waals surface area contributed by atoms with E-state index in [1.54, 1.807) is 13.8 Å². The molecule has 0 rings (SSSR count). The van der Waals surface area contributed by atoms with E-state index in [-0.39, 0.29) is 0 Å². The van der Waals surface area contributed by atoms with E-state index in [0.717, 1.165) is 6.42 Å². The highest BCUT2D eigenvalue weighted by molar-refractivity contribution is 4.99. The first-order valence-corrected chi connectivity index (χ1v) is 3.99. The molecule has 0 spiro atoms. The van der Waals surface area contributed by atoms with Crippen molar-refractivity contribution in [3.8, 4) is 6.07 Å². The molecule has 0 aliphatic rings. The van der Waals surface area contributed by atoms with Crippen LogP contribution < -0.4 is 0 Å². The molecule has 68 valence electrons. The normalized spacial score (nSPS) is 14.6. The second-order valence-corrected chi connectivity index (χ2v) is 3.11. The molecule has 0 aromatic heterocycles. The monoisotopic (exact) mass is 171 g/mol. The quantitative estimate of drug-likeness (QED) is 0.474. The van der Waals surface area contributed by atoms with Crippen LogP contribution in [0.3, 0.4) is 0 Å². The third-order valence-corrected chi connectivity index (χ3v) is 1.23. The molecular formula is C8H14FN3. The zero-order valence-electron chi connectivity index (χ0n) is 7.71. The standard InChI is InChI=1S/C8H14FN3/c1-4-5-7(9)11-12-8(2,3)6-10/h7H,4-5H2,1-3H3. The molecule has 0 saturated heterocycles. The Morgan fingerprint density at radius 2 is 2.17 bits per heavy atom. The van der Waals surface area contributed by atoms with Gasteiger partial charge >= 0.3 is 0 Å². The zero-order chi connectivity index (χ0) is 9.61. The fraction of sp³-hybridized carbons (Fsp3) is 0.875. The lowest BCUT2D eigenvalue weighted by molar-refractivity contribution is 0.303. The second kappa shape index (κ2) is 4.81. The van der Waals surface area contributed by atoms with Gasteiger partial charge in [-0.05, 0) is 13.8 Å². The minimum atomic E-state index is -1.26. The Morgan fingerprint density at radius 1 is 1.58 bits per heavy atom. The molecule has 1 unspecified atom stereocenters. The summed E-state index contributed by atoms with van der Waals surface area (Å²) in [6, 6.07) is 1.91. The smallest absolute Gasteiger partial charge is 0.209 e. The molecule has 0 N–H and O–H groups in total. The van der Waals surface area contributed by atoms with Crippen LogP contribution in [0, 0.1) is 11.3 Å². The van der Waals surface area contributed by atoms with Gasteiger partial charge in [0.25, 0.3) is 0 Å². The lowest BCUT2D eigenvalue weighted by Crippen LogP contribution is -2.12. The van der Waals surface area contributed by atoms with Crippen molar-refractivity contribution in [2.75, 3.05) is 0 Å². The minimum absolute atomic E-state index is 0.366. The van der Waals surface area contributed by atoms with Gasteiger partial charge in [-0.25, -0.2) is 4.39 Å². The van der Waals surface area contributed by atoms with Crippen LogP contribution >= 0.6 is 0 Å². The first-order valence-electron chi connectivity index (χ1n) is 3.99. The average Bonchev–Trinajstić information content (AvgIpc) is 2.02. The number of nitriles is 1. The number of azo groups is 1. The Balaban J connectivity index is 3.99. The van der Waals surface area contributed by atoms with E-state index in [2.05, 4.69) is 10.2 Å². The molecule has 0 bridgehead atoms. The first kappa shape index (κ1) is 11.0. The highest BCUT2D eigenvalue weighted by Crippen LogP contribution is 2.11. The van der Waals surface area contributed by atoms with Crippen molar-refractivity contribution in [1.82, 2.24) is 0 Å². The van der Waals surface area contributed by atoms with Crippen LogP contribution in [-0.2, 0) is 0 Å². The summed E-state index contributed by atoms with van der Waals surface area (Å²) in [7, 11) is 0. The lowest BCUT2D eigenvalue weighted by Gasteiger charge is -2.06. The van der Waals surface area contributed by atoms with Crippen molar-refractivity contribution >= 4 is 0 Å². The molecule has 0 aromatic carbocycles. The second-order valence-electron chi connectivity index (χ2n) is 3.11. The molecule has 0 aliphatic heterocycles. The van der Waals surface area contributed by atoms with Gasteiger partial charge in [0.2, 0.25) is 6.30 Å². The van der Waals surface area contributed by atoms with Crippen LogP contribution in [0.5, 0.6) is 0 Å². The predicted molar refractivity (Wildman–Crippen MR) is 44.4 cm³/mol. The summed E-state index contributed by atoms with van der Waals surface area (Å²) in [5.41, 5.74) is -0.905. The summed E-state index contributed by atoms with van der Waals surface area (Å²) in [6.45, 7) is 5.06. The molecule has 0 aromatic rings. The van der Waals surface area contributed by atoms with E-state index in [4.69, 9.17) is 5.26 Å². The van der Waals surface area contributed by atoms with Gasteiger partial charge in [-0.1, -0.05) is 13.3 Å². The molecule has 0 saturated carbocycles. The van der Waals surface area contributed by atoms with Crippen LogP contribution in [0.2, 0.25) is 0 Å². The molecule has 4 heteroatoms. The van der Waals surface area contributed by atoms with Crippen molar-refractivity contribution in [2.45, 2.75) is 45.4 Å². The number of alkyl halides is 1. The molecule has 0 fully saturated rings. The lowest BCUT2D eigenvalue weighted by atomic mass is 10.1. The van der Waals surface area contributed by atoms with Crippen molar-refractivity contribution < 1.29 is 4.39 Å². The number of nitrogens with zero attached hydrogens (tertiary/aromatic N) is 3. The van der Waals surface area contributed by atoms with Crippen molar-refractivity contribution in [2.24, 2.45) is 10.2 Å². The molecular weight excluding hydrogens is 157 g/mol. The third kappa shape index (κ3) is 4.78. The van der Waals surface area contributed by atoms with E-state index in [0.29, 0.717) is 6.42 Å². The van der Waals surface area contributed by atoms with Crippen LogP contribution in [-0.4, -0.2) is 11.8 Å². The molecule has 0 amide bonds. The van der Waals surface area contributed by atoms with Gasteiger partial charge in [-0.3, -0.25) is 0 Å². The van der Waals surface area contributed by atoms with Crippen LogP contribution in [0.4, 0.5) is 4.39 Å². The first-order chi connectivity index (χ1) is 5.52. The minimum Gasteiger partial charge on any atom is -0.220 e. The Bertz CT molecular complexity index is 193. The van der Waals surface area contributed by atoms with Crippen LogP contribution in [0.25, 0.3) is 0 Å².